The Morgan fingerprint density at radius 3 is 2.65 bits per heavy atom. The van der Waals surface area contributed by atoms with E-state index in [-0.39, 0.29) is 0 Å². The van der Waals surface area contributed by atoms with Crippen LogP contribution < -0.4 is 5.32 Å². The Hall–Kier alpha value is 0.110. The predicted octanol–water partition coefficient (Wildman–Crippen LogP) is 2.95. The molecule has 17 heavy (non-hydrogen) atoms. The molecule has 1 saturated carbocycles. The van der Waals surface area contributed by atoms with Gasteiger partial charge in [0.1, 0.15) is 0 Å². The first-order valence-electron chi connectivity index (χ1n) is 7.15. The molecule has 0 heterocycles. The molecular formula is C14H29NOS. The van der Waals surface area contributed by atoms with Crippen molar-refractivity contribution in [3.05, 3.63) is 0 Å². The highest BCUT2D eigenvalue weighted by Crippen LogP contribution is 2.28. The summed E-state index contributed by atoms with van der Waals surface area (Å²) in [6.07, 6.45) is 4.72. The van der Waals surface area contributed by atoms with Crippen molar-refractivity contribution in [3.63, 3.8) is 0 Å². The Balaban J connectivity index is 2.52. The van der Waals surface area contributed by atoms with Crippen LogP contribution in [0.1, 0.15) is 53.4 Å². The van der Waals surface area contributed by atoms with Gasteiger partial charge in [0.2, 0.25) is 0 Å². The van der Waals surface area contributed by atoms with Crippen molar-refractivity contribution in [2.24, 2.45) is 11.8 Å². The summed E-state index contributed by atoms with van der Waals surface area (Å²) < 4.78 is 12.4. The average Bonchev–Trinajstić information content (AvgIpc) is 2.28. The molecule has 0 aromatic heterocycles. The molecule has 0 aliphatic heterocycles. The zero-order valence-electron chi connectivity index (χ0n) is 11.9. The Morgan fingerprint density at radius 2 is 2.06 bits per heavy atom. The van der Waals surface area contributed by atoms with E-state index in [1.165, 1.54) is 12.8 Å². The van der Waals surface area contributed by atoms with Crippen molar-refractivity contribution in [2.75, 3.05) is 12.3 Å². The van der Waals surface area contributed by atoms with Gasteiger partial charge in [0.05, 0.1) is 5.25 Å². The van der Waals surface area contributed by atoms with E-state index in [0.717, 1.165) is 31.1 Å². The largest absolute Gasteiger partial charge is 0.313 e. The zero-order valence-corrected chi connectivity index (χ0v) is 12.7. The summed E-state index contributed by atoms with van der Waals surface area (Å²) in [6, 6.07) is 0.490. The molecule has 4 atom stereocenters. The van der Waals surface area contributed by atoms with Crippen molar-refractivity contribution in [3.8, 4) is 0 Å². The molecule has 102 valence electrons. The number of nitrogens with one attached hydrogen (secondary N) is 1. The van der Waals surface area contributed by atoms with Gasteiger partial charge >= 0.3 is 0 Å². The number of hydrogen-bond donors (Lipinski definition) is 1. The predicted molar refractivity (Wildman–Crippen MR) is 76.7 cm³/mol. The first kappa shape index (κ1) is 15.2. The molecule has 2 nitrogen and oxygen atoms in total. The molecule has 0 saturated heterocycles. The molecule has 1 rings (SSSR count). The summed E-state index contributed by atoms with van der Waals surface area (Å²) in [5.41, 5.74) is 0. The lowest BCUT2D eigenvalue weighted by atomic mass is 9.87. The third kappa shape index (κ3) is 5.09. The minimum atomic E-state index is -0.642. The van der Waals surface area contributed by atoms with E-state index in [0.29, 0.717) is 17.2 Å². The quantitative estimate of drug-likeness (QED) is 0.794. The van der Waals surface area contributed by atoms with E-state index in [9.17, 15) is 4.21 Å². The summed E-state index contributed by atoms with van der Waals surface area (Å²) >= 11 is 0. The van der Waals surface area contributed by atoms with Gasteiger partial charge in [0.25, 0.3) is 0 Å². The fraction of sp³-hybridized carbons (Fsp3) is 1.00. The van der Waals surface area contributed by atoms with Crippen molar-refractivity contribution < 1.29 is 4.21 Å². The third-order valence-electron chi connectivity index (χ3n) is 3.75. The van der Waals surface area contributed by atoms with Crippen LogP contribution in [0.3, 0.4) is 0 Å². The van der Waals surface area contributed by atoms with E-state index < -0.39 is 10.8 Å². The number of hydrogen-bond acceptors (Lipinski definition) is 2. The Morgan fingerprint density at radius 1 is 1.35 bits per heavy atom. The van der Waals surface area contributed by atoms with Gasteiger partial charge in [0, 0.05) is 22.6 Å². The third-order valence-corrected chi connectivity index (χ3v) is 5.59. The highest BCUT2D eigenvalue weighted by molar-refractivity contribution is 7.85. The van der Waals surface area contributed by atoms with Gasteiger partial charge in [-0.25, -0.2) is 0 Å². The molecule has 0 aromatic carbocycles. The van der Waals surface area contributed by atoms with E-state index in [1.807, 2.05) is 0 Å². The molecule has 1 aliphatic carbocycles. The summed E-state index contributed by atoms with van der Waals surface area (Å²) in [4.78, 5) is 0. The minimum Gasteiger partial charge on any atom is -0.313 e. The summed E-state index contributed by atoms with van der Waals surface area (Å²) in [5, 5.41) is 3.92. The second kappa shape index (κ2) is 7.52. The highest BCUT2D eigenvalue weighted by atomic mass is 32.2. The lowest BCUT2D eigenvalue weighted by molar-refractivity contribution is 0.316. The van der Waals surface area contributed by atoms with Crippen LogP contribution in [0.4, 0.5) is 0 Å². The Bertz CT molecular complexity index is 242. The maximum atomic E-state index is 12.4. The summed E-state index contributed by atoms with van der Waals surface area (Å²) in [5.74, 6) is 2.30. The van der Waals surface area contributed by atoms with Crippen molar-refractivity contribution in [2.45, 2.75) is 64.7 Å². The molecule has 4 unspecified atom stereocenters. The monoisotopic (exact) mass is 259 g/mol. The van der Waals surface area contributed by atoms with Crippen LogP contribution in [-0.2, 0) is 10.8 Å². The van der Waals surface area contributed by atoms with Gasteiger partial charge in [0.15, 0.2) is 0 Å². The standard InChI is InChI=1S/C14H29NOS/c1-5-15-13-7-6-12(4)10-14(13)17(16)9-8-11(2)3/h11-15H,5-10H2,1-4H3. The Labute approximate surface area is 109 Å². The summed E-state index contributed by atoms with van der Waals surface area (Å²) in [6.45, 7) is 9.86. The molecule has 0 radical (unpaired) electrons. The normalized spacial score (nSPS) is 31.7. The molecule has 0 spiro atoms. The van der Waals surface area contributed by atoms with Crippen molar-refractivity contribution >= 4 is 10.8 Å². The molecule has 0 bridgehead atoms. The van der Waals surface area contributed by atoms with Crippen LogP contribution in [0.25, 0.3) is 0 Å². The zero-order chi connectivity index (χ0) is 12.8. The van der Waals surface area contributed by atoms with Crippen LogP contribution in [0.2, 0.25) is 0 Å². The maximum absolute atomic E-state index is 12.4. The molecule has 0 amide bonds. The van der Waals surface area contributed by atoms with Gasteiger partial charge in [-0.05, 0) is 44.1 Å². The average molecular weight is 259 g/mol. The highest BCUT2D eigenvalue weighted by Gasteiger charge is 2.31. The van der Waals surface area contributed by atoms with E-state index >= 15 is 0 Å². The maximum Gasteiger partial charge on any atom is 0.0503 e. The van der Waals surface area contributed by atoms with Crippen molar-refractivity contribution in [1.29, 1.82) is 0 Å². The molecule has 1 fully saturated rings. The molecule has 0 aromatic rings. The van der Waals surface area contributed by atoms with E-state index in [4.69, 9.17) is 0 Å². The fourth-order valence-corrected chi connectivity index (χ4v) is 4.77. The van der Waals surface area contributed by atoms with Gasteiger partial charge in [-0.15, -0.1) is 0 Å². The first-order chi connectivity index (χ1) is 8.04. The van der Waals surface area contributed by atoms with Gasteiger partial charge < -0.3 is 5.32 Å². The molecule has 3 heteroatoms. The smallest absolute Gasteiger partial charge is 0.0503 e. The van der Waals surface area contributed by atoms with Gasteiger partial charge in [-0.2, -0.15) is 0 Å². The van der Waals surface area contributed by atoms with Crippen molar-refractivity contribution in [1.82, 2.24) is 5.32 Å². The van der Waals surface area contributed by atoms with Gasteiger partial charge in [-0.3, -0.25) is 4.21 Å². The molecule has 1 N–H and O–H groups in total. The SMILES string of the molecule is CCNC1CCC(C)CC1S(=O)CCC(C)C. The van der Waals surface area contributed by atoms with Crippen LogP contribution in [-0.4, -0.2) is 27.8 Å². The second-order valence-electron chi connectivity index (χ2n) is 5.89. The topological polar surface area (TPSA) is 29.1 Å². The Kier molecular flexibility index (Phi) is 6.71. The fourth-order valence-electron chi connectivity index (χ4n) is 2.62. The van der Waals surface area contributed by atoms with Crippen LogP contribution in [0.15, 0.2) is 0 Å². The first-order valence-corrected chi connectivity index (χ1v) is 8.53. The minimum absolute atomic E-state index is 0.387. The van der Waals surface area contributed by atoms with Gasteiger partial charge in [-0.1, -0.05) is 27.7 Å². The van der Waals surface area contributed by atoms with E-state index in [2.05, 4.69) is 33.0 Å². The summed E-state index contributed by atoms with van der Waals surface area (Å²) in [7, 11) is -0.642. The molecular weight excluding hydrogens is 230 g/mol. The van der Waals surface area contributed by atoms with Crippen LogP contribution >= 0.6 is 0 Å². The lowest BCUT2D eigenvalue weighted by Gasteiger charge is -2.34. The second-order valence-corrected chi connectivity index (χ2v) is 7.66. The van der Waals surface area contributed by atoms with Crippen LogP contribution in [0.5, 0.6) is 0 Å². The lowest BCUT2D eigenvalue weighted by Crippen LogP contribution is -2.46. The van der Waals surface area contributed by atoms with Crippen LogP contribution in [0, 0.1) is 11.8 Å². The molecule has 1 aliphatic rings. The number of rotatable bonds is 6. The van der Waals surface area contributed by atoms with E-state index in [1.54, 1.807) is 0 Å².